The van der Waals surface area contributed by atoms with Crippen molar-refractivity contribution in [1.29, 1.82) is 0 Å². The van der Waals surface area contributed by atoms with Crippen LogP contribution in [0.2, 0.25) is 0 Å². The molecule has 0 aliphatic rings. The predicted molar refractivity (Wildman–Crippen MR) is 54.6 cm³/mol. The van der Waals surface area contributed by atoms with Gasteiger partial charge in [-0.1, -0.05) is 35.1 Å². The lowest BCUT2D eigenvalue weighted by Gasteiger charge is -2.34. The molecule has 1 atom stereocenters. The van der Waals surface area contributed by atoms with Gasteiger partial charge in [-0.3, -0.25) is 0 Å². The molecule has 0 spiro atoms. The Morgan fingerprint density at radius 1 is 0.941 bits per heavy atom. The number of halogens is 6. The van der Waals surface area contributed by atoms with Crippen LogP contribution >= 0.6 is 0 Å². The molecule has 0 radical (unpaired) electrons. The Morgan fingerprint density at radius 3 is 1.41 bits per heavy atom. The quantitative estimate of drug-likeness (QED) is 0.746. The van der Waals surface area contributed by atoms with Crippen molar-refractivity contribution >= 4 is 0 Å². The van der Waals surface area contributed by atoms with Gasteiger partial charge in [0.2, 0.25) is 0 Å². The molecule has 0 rings (SSSR count). The Kier molecular flexibility index (Phi) is 8.29. The van der Waals surface area contributed by atoms with Crippen LogP contribution in [0.15, 0.2) is 0 Å². The number of hydrogen-bond acceptors (Lipinski definition) is 1. The van der Waals surface area contributed by atoms with E-state index in [4.69, 9.17) is 5.11 Å². The molecule has 0 saturated carbocycles. The van der Waals surface area contributed by atoms with Crippen LogP contribution in [0.4, 0.5) is 26.3 Å². The van der Waals surface area contributed by atoms with Gasteiger partial charge in [0.25, 0.3) is 5.60 Å². The van der Waals surface area contributed by atoms with E-state index in [9.17, 15) is 26.3 Å². The highest BCUT2D eigenvalue weighted by Crippen LogP contribution is 2.46. The van der Waals surface area contributed by atoms with E-state index >= 15 is 0 Å². The Hall–Kier alpha value is -0.460. The van der Waals surface area contributed by atoms with E-state index in [2.05, 4.69) is 0 Å². The van der Waals surface area contributed by atoms with E-state index in [-0.39, 0.29) is 21.3 Å². The monoisotopic (exact) mass is 270 g/mol. The zero-order valence-corrected chi connectivity index (χ0v) is 8.21. The molecular weight excluding hydrogens is 250 g/mol. The van der Waals surface area contributed by atoms with Crippen LogP contribution in [0.1, 0.15) is 41.5 Å². The molecule has 0 aliphatic carbocycles. The zero-order chi connectivity index (χ0) is 12.5. The average Bonchev–Trinajstić information content (AvgIpc) is 1.99. The van der Waals surface area contributed by atoms with Gasteiger partial charge in [0, 0.05) is 0 Å². The summed E-state index contributed by atoms with van der Waals surface area (Å²) < 4.78 is 72.8. The molecule has 0 fully saturated rings. The third-order valence-corrected chi connectivity index (χ3v) is 2.28. The molecule has 0 aromatic heterocycles. The molecule has 0 amide bonds. The van der Waals surface area contributed by atoms with E-state index in [0.717, 1.165) is 0 Å². The topological polar surface area (TPSA) is 20.2 Å². The molecule has 0 aliphatic heterocycles. The fraction of sp³-hybridized carbons (Fsp3) is 1.00. The zero-order valence-electron chi connectivity index (χ0n) is 8.21. The van der Waals surface area contributed by atoms with E-state index in [1.807, 2.05) is 0 Å². The molecule has 0 heterocycles. The van der Waals surface area contributed by atoms with Crippen molar-refractivity contribution in [2.45, 2.75) is 59.5 Å². The van der Waals surface area contributed by atoms with E-state index < -0.39 is 30.3 Å². The van der Waals surface area contributed by atoms with Crippen LogP contribution < -0.4 is 0 Å². The minimum Gasteiger partial charge on any atom is -0.374 e. The van der Waals surface area contributed by atoms with Crippen molar-refractivity contribution in [2.24, 2.45) is 5.92 Å². The molecule has 7 heteroatoms. The minimum atomic E-state index is -5.70. The van der Waals surface area contributed by atoms with Crippen LogP contribution in [0, 0.1) is 5.92 Å². The van der Waals surface area contributed by atoms with Crippen LogP contribution in [-0.4, -0.2) is 23.1 Å². The molecule has 0 saturated heterocycles. The maximum absolute atomic E-state index is 12.1. The lowest BCUT2D eigenvalue weighted by atomic mass is 9.89. The molecule has 0 aromatic carbocycles. The van der Waals surface area contributed by atoms with Gasteiger partial charge in [-0.25, -0.2) is 0 Å². The first-order chi connectivity index (χ1) is 6.45. The number of hydrogen-bond donors (Lipinski definition) is 1. The number of alkyl halides is 6. The van der Waals surface area contributed by atoms with Crippen LogP contribution in [0.5, 0.6) is 0 Å². The predicted octanol–water partition coefficient (Wildman–Crippen LogP) is 4.55. The normalized spacial score (nSPS) is 14.6. The summed E-state index contributed by atoms with van der Waals surface area (Å²) >= 11 is 0. The van der Waals surface area contributed by atoms with E-state index in [0.29, 0.717) is 0 Å². The van der Waals surface area contributed by atoms with Crippen molar-refractivity contribution in [3.05, 3.63) is 0 Å². The van der Waals surface area contributed by atoms with Gasteiger partial charge in [0.1, 0.15) is 0 Å². The maximum atomic E-state index is 12.1. The molecule has 108 valence electrons. The van der Waals surface area contributed by atoms with E-state index in [1.165, 1.54) is 13.8 Å². The third-order valence-electron chi connectivity index (χ3n) is 2.28. The molecular formula is C10H20F6O. The highest BCUT2D eigenvalue weighted by Gasteiger charge is 2.70. The summed E-state index contributed by atoms with van der Waals surface area (Å²) in [6.45, 7) is 2.68. The summed E-state index contributed by atoms with van der Waals surface area (Å²) in [5.74, 6) is -0.863. The molecule has 1 N–H and O–H groups in total. The SMILES string of the molecule is C.C.CCC(C)CC(O)(C(F)(F)F)C(F)(F)F. The third kappa shape index (κ3) is 4.73. The fourth-order valence-corrected chi connectivity index (χ4v) is 1.04. The van der Waals surface area contributed by atoms with E-state index in [1.54, 1.807) is 0 Å². The number of rotatable bonds is 3. The molecule has 0 aromatic rings. The van der Waals surface area contributed by atoms with Crippen molar-refractivity contribution in [3.63, 3.8) is 0 Å². The smallest absolute Gasteiger partial charge is 0.374 e. The van der Waals surface area contributed by atoms with Gasteiger partial charge in [-0.05, 0) is 12.3 Å². The largest absolute Gasteiger partial charge is 0.426 e. The van der Waals surface area contributed by atoms with Gasteiger partial charge < -0.3 is 5.11 Å². The second-order valence-electron chi connectivity index (χ2n) is 3.57. The summed E-state index contributed by atoms with van der Waals surface area (Å²) in [6.07, 6.45) is -12.6. The van der Waals surface area contributed by atoms with Gasteiger partial charge in [0.05, 0.1) is 0 Å². The van der Waals surface area contributed by atoms with Crippen molar-refractivity contribution in [1.82, 2.24) is 0 Å². The summed E-state index contributed by atoms with van der Waals surface area (Å²) in [6, 6.07) is 0. The first-order valence-electron chi connectivity index (χ1n) is 4.31. The van der Waals surface area contributed by atoms with Crippen molar-refractivity contribution < 1.29 is 31.4 Å². The van der Waals surface area contributed by atoms with Crippen LogP contribution in [0.3, 0.4) is 0 Å². The first-order valence-corrected chi connectivity index (χ1v) is 4.31. The first kappa shape index (κ1) is 21.8. The fourth-order valence-electron chi connectivity index (χ4n) is 1.04. The average molecular weight is 270 g/mol. The summed E-state index contributed by atoms with van der Waals surface area (Å²) in [5, 5.41) is 8.74. The summed E-state index contributed by atoms with van der Waals surface area (Å²) in [7, 11) is 0. The van der Waals surface area contributed by atoms with Crippen LogP contribution in [-0.2, 0) is 0 Å². The van der Waals surface area contributed by atoms with Crippen molar-refractivity contribution in [2.75, 3.05) is 0 Å². The molecule has 17 heavy (non-hydrogen) atoms. The standard InChI is InChI=1S/C8H12F6O.2CH4/c1-3-5(2)4-6(15,7(9,10)11)8(12,13)14;;/h5,15H,3-4H2,1-2H3;2*1H4. The van der Waals surface area contributed by atoms with Gasteiger partial charge in [-0.2, -0.15) is 26.3 Å². The minimum absolute atomic E-state index is 0. The summed E-state index contributed by atoms with van der Waals surface area (Å²) in [4.78, 5) is 0. The summed E-state index contributed by atoms with van der Waals surface area (Å²) in [5.41, 5.74) is -4.60. The highest BCUT2D eigenvalue weighted by molar-refractivity contribution is 4.94. The molecule has 0 bridgehead atoms. The molecule has 1 nitrogen and oxygen atoms in total. The Morgan fingerprint density at radius 2 is 1.24 bits per heavy atom. The second kappa shape index (κ2) is 6.47. The Balaban J connectivity index is -0.000000980. The Bertz CT molecular complexity index is 194. The number of aliphatic hydroxyl groups is 1. The second-order valence-corrected chi connectivity index (χ2v) is 3.57. The lowest BCUT2D eigenvalue weighted by molar-refractivity contribution is -0.372. The van der Waals surface area contributed by atoms with Gasteiger partial charge in [-0.15, -0.1) is 0 Å². The van der Waals surface area contributed by atoms with Crippen molar-refractivity contribution in [3.8, 4) is 0 Å². The van der Waals surface area contributed by atoms with Gasteiger partial charge >= 0.3 is 12.4 Å². The molecule has 1 unspecified atom stereocenters. The van der Waals surface area contributed by atoms with Crippen LogP contribution in [0.25, 0.3) is 0 Å². The Labute approximate surface area is 97.8 Å². The van der Waals surface area contributed by atoms with Gasteiger partial charge in [0.15, 0.2) is 0 Å². The highest BCUT2D eigenvalue weighted by atomic mass is 19.4. The lowest BCUT2D eigenvalue weighted by Crippen LogP contribution is -2.57. The maximum Gasteiger partial charge on any atom is 0.426 e.